The molecule has 0 radical (unpaired) electrons. The summed E-state index contributed by atoms with van der Waals surface area (Å²) in [7, 11) is -3.71. The minimum Gasteiger partial charge on any atom is -0.369 e. The van der Waals surface area contributed by atoms with Crippen LogP contribution in [0.3, 0.4) is 0 Å². The molecule has 0 spiro atoms. The highest BCUT2D eigenvalue weighted by Crippen LogP contribution is 2.39. The van der Waals surface area contributed by atoms with Gasteiger partial charge in [0, 0.05) is 11.1 Å². The van der Waals surface area contributed by atoms with Crippen LogP contribution >= 0.6 is 0 Å². The van der Waals surface area contributed by atoms with E-state index in [2.05, 4.69) is 19.9 Å². The molecule has 0 bridgehead atoms. The molecule has 1 aliphatic carbocycles. The largest absolute Gasteiger partial charge is 0.369 e. The van der Waals surface area contributed by atoms with E-state index < -0.39 is 26.7 Å². The summed E-state index contributed by atoms with van der Waals surface area (Å²) < 4.78 is 56.7. The molecule has 1 aliphatic rings. The van der Waals surface area contributed by atoms with Crippen molar-refractivity contribution < 1.29 is 17.2 Å². The number of rotatable bonds is 5. The number of halogens is 2. The summed E-state index contributed by atoms with van der Waals surface area (Å²) in [6.45, 7) is 0. The van der Waals surface area contributed by atoms with E-state index >= 15 is 0 Å². The predicted molar refractivity (Wildman–Crippen MR) is 138 cm³/mol. The van der Waals surface area contributed by atoms with E-state index in [4.69, 9.17) is 5.73 Å². The van der Waals surface area contributed by atoms with E-state index in [-0.39, 0.29) is 27.7 Å². The number of nitrogens with two attached hydrogens (primary N) is 1. The molecule has 10 heteroatoms. The second kappa shape index (κ2) is 8.81. The fraction of sp³-hybridized carbons (Fsp3) is 0.185. The first-order valence-electron chi connectivity index (χ1n) is 12.0. The van der Waals surface area contributed by atoms with Crippen LogP contribution in [0.1, 0.15) is 25.7 Å². The van der Waals surface area contributed by atoms with Crippen molar-refractivity contribution >= 4 is 26.8 Å². The first-order chi connectivity index (χ1) is 17.8. The number of sulfone groups is 1. The smallest absolute Gasteiger partial charge is 0.198 e. The van der Waals surface area contributed by atoms with E-state index in [1.165, 1.54) is 6.07 Å². The standard InChI is InChI=1S/C27H23F2N5O2S/c28-18-11-6-12-19(29)22(18)26-32-23(15-7-2-1-3-8-15)24(33-26)16-13-20-25(34-27(30)31-20)21(14-16)37(35,36)17-9-4-5-10-17/h1-3,6-8,11-14,17H,4-5,9-10H2,(H,32,33)(H3,30,31,34). The number of anilines is 1. The van der Waals surface area contributed by atoms with E-state index in [1.807, 2.05) is 30.3 Å². The summed E-state index contributed by atoms with van der Waals surface area (Å²) in [6, 6.07) is 16.0. The molecule has 2 aromatic heterocycles. The number of nitrogens with zero attached hydrogens (tertiary/aromatic N) is 2. The van der Waals surface area contributed by atoms with Crippen molar-refractivity contribution in [3.8, 4) is 33.9 Å². The van der Waals surface area contributed by atoms with Gasteiger partial charge >= 0.3 is 0 Å². The lowest BCUT2D eigenvalue weighted by Crippen LogP contribution is -2.18. The quantitative estimate of drug-likeness (QED) is 0.269. The van der Waals surface area contributed by atoms with Gasteiger partial charge in [-0.15, -0.1) is 0 Å². The summed E-state index contributed by atoms with van der Waals surface area (Å²) in [5.41, 5.74) is 8.34. The Labute approximate surface area is 211 Å². The second-order valence-corrected chi connectivity index (χ2v) is 11.4. The molecule has 1 saturated carbocycles. The summed E-state index contributed by atoms with van der Waals surface area (Å²) in [4.78, 5) is 14.9. The maximum atomic E-state index is 14.7. The average Bonchev–Trinajstić information content (AvgIpc) is 3.63. The zero-order chi connectivity index (χ0) is 25.7. The molecule has 188 valence electrons. The SMILES string of the molecule is Nc1nc2c(S(=O)(=O)C3CCCC3)cc(-c3nc(-c4c(F)cccc4F)[nH]c3-c3ccccc3)cc2[nH]1. The van der Waals surface area contributed by atoms with E-state index in [9.17, 15) is 17.2 Å². The van der Waals surface area contributed by atoms with E-state index in [1.54, 1.807) is 12.1 Å². The number of aromatic nitrogens is 4. The van der Waals surface area contributed by atoms with Crippen LogP contribution in [0.15, 0.2) is 65.6 Å². The van der Waals surface area contributed by atoms with Gasteiger partial charge in [0.2, 0.25) is 0 Å². The molecule has 1 fully saturated rings. The number of hydrogen-bond acceptors (Lipinski definition) is 5. The highest BCUT2D eigenvalue weighted by atomic mass is 32.2. The van der Waals surface area contributed by atoms with Crippen molar-refractivity contribution in [3.05, 3.63) is 72.3 Å². The molecule has 0 atom stereocenters. The van der Waals surface area contributed by atoms with Gasteiger partial charge in [0.25, 0.3) is 0 Å². The summed E-state index contributed by atoms with van der Waals surface area (Å²) in [5, 5.41) is -0.500. The zero-order valence-corrected chi connectivity index (χ0v) is 20.4. The monoisotopic (exact) mass is 519 g/mol. The third-order valence-corrected chi connectivity index (χ3v) is 9.13. The first-order valence-corrected chi connectivity index (χ1v) is 13.5. The Morgan fingerprint density at radius 1 is 0.865 bits per heavy atom. The Kier molecular flexibility index (Phi) is 5.56. The van der Waals surface area contributed by atoms with Crippen molar-refractivity contribution in [1.29, 1.82) is 0 Å². The molecular weight excluding hydrogens is 496 g/mol. The van der Waals surface area contributed by atoms with E-state index in [0.717, 1.165) is 30.5 Å². The summed E-state index contributed by atoms with van der Waals surface area (Å²) in [6.07, 6.45) is 2.87. The number of fused-ring (bicyclic) bond motifs is 1. The van der Waals surface area contributed by atoms with Crippen LogP contribution in [-0.2, 0) is 9.84 Å². The van der Waals surface area contributed by atoms with Crippen LogP contribution in [-0.4, -0.2) is 33.6 Å². The van der Waals surface area contributed by atoms with Gasteiger partial charge in [-0.2, -0.15) is 0 Å². The Bertz CT molecular complexity index is 1720. The molecule has 0 saturated heterocycles. The van der Waals surface area contributed by atoms with Crippen molar-refractivity contribution in [3.63, 3.8) is 0 Å². The maximum Gasteiger partial charge on any atom is 0.198 e. The van der Waals surface area contributed by atoms with Crippen LogP contribution in [0.5, 0.6) is 0 Å². The van der Waals surface area contributed by atoms with Gasteiger partial charge in [-0.1, -0.05) is 49.2 Å². The minimum absolute atomic E-state index is 0.00567. The van der Waals surface area contributed by atoms with Crippen molar-refractivity contribution in [2.75, 3.05) is 5.73 Å². The number of aromatic amines is 2. The van der Waals surface area contributed by atoms with Gasteiger partial charge in [-0.25, -0.2) is 27.2 Å². The lowest BCUT2D eigenvalue weighted by Gasteiger charge is -2.13. The van der Waals surface area contributed by atoms with Gasteiger partial charge in [-0.05, 0) is 37.1 Å². The molecule has 5 aromatic rings. The molecular formula is C27H23F2N5O2S. The predicted octanol–water partition coefficient (Wildman–Crippen LogP) is 5.86. The third kappa shape index (κ3) is 3.97. The fourth-order valence-corrected chi connectivity index (χ4v) is 7.10. The Hall–Kier alpha value is -4.05. The normalized spacial score (nSPS) is 14.5. The van der Waals surface area contributed by atoms with Crippen molar-refractivity contribution in [2.24, 2.45) is 0 Å². The summed E-state index contributed by atoms with van der Waals surface area (Å²) >= 11 is 0. The highest BCUT2D eigenvalue weighted by Gasteiger charge is 2.33. The maximum absolute atomic E-state index is 14.7. The fourth-order valence-electron chi connectivity index (χ4n) is 5.07. The van der Waals surface area contributed by atoms with Crippen LogP contribution < -0.4 is 5.73 Å². The average molecular weight is 520 g/mol. The third-order valence-electron chi connectivity index (χ3n) is 6.86. The van der Waals surface area contributed by atoms with Gasteiger partial charge in [0.1, 0.15) is 23.0 Å². The number of H-pyrrole nitrogens is 2. The number of imidazole rings is 2. The zero-order valence-electron chi connectivity index (χ0n) is 19.6. The number of benzene rings is 3. The highest BCUT2D eigenvalue weighted by molar-refractivity contribution is 7.92. The first kappa shape index (κ1) is 23.4. The number of nitrogen functional groups attached to an aromatic ring is 1. The number of hydrogen-bond donors (Lipinski definition) is 3. The van der Waals surface area contributed by atoms with Gasteiger partial charge < -0.3 is 15.7 Å². The molecule has 7 nitrogen and oxygen atoms in total. The van der Waals surface area contributed by atoms with Crippen molar-refractivity contribution in [2.45, 2.75) is 35.8 Å². The Balaban J connectivity index is 1.62. The molecule has 0 amide bonds. The molecule has 2 heterocycles. The van der Waals surface area contributed by atoms with Crippen LogP contribution in [0.2, 0.25) is 0 Å². The van der Waals surface area contributed by atoms with Gasteiger partial charge in [0.15, 0.2) is 15.8 Å². The van der Waals surface area contributed by atoms with Crippen LogP contribution in [0, 0.1) is 11.6 Å². The molecule has 0 unspecified atom stereocenters. The van der Waals surface area contributed by atoms with E-state index in [0.29, 0.717) is 35.3 Å². The van der Waals surface area contributed by atoms with Crippen LogP contribution in [0.25, 0.3) is 44.9 Å². The van der Waals surface area contributed by atoms with Gasteiger partial charge in [0.05, 0.1) is 32.6 Å². The molecule has 0 aliphatic heterocycles. The Morgan fingerprint density at radius 3 is 2.27 bits per heavy atom. The molecule has 3 aromatic carbocycles. The topological polar surface area (TPSA) is 118 Å². The van der Waals surface area contributed by atoms with Crippen LogP contribution in [0.4, 0.5) is 14.7 Å². The number of nitrogens with one attached hydrogen (secondary N) is 2. The second-order valence-electron chi connectivity index (χ2n) is 9.22. The summed E-state index contributed by atoms with van der Waals surface area (Å²) in [5.74, 6) is -1.44. The minimum atomic E-state index is -3.71. The lowest BCUT2D eigenvalue weighted by molar-refractivity contribution is 0.580. The van der Waals surface area contributed by atoms with Gasteiger partial charge in [-0.3, -0.25) is 0 Å². The molecule has 4 N–H and O–H groups in total. The van der Waals surface area contributed by atoms with Crippen molar-refractivity contribution in [1.82, 2.24) is 19.9 Å². The molecule has 6 rings (SSSR count). The molecule has 37 heavy (non-hydrogen) atoms. The Morgan fingerprint density at radius 2 is 1.57 bits per heavy atom. The lowest BCUT2D eigenvalue weighted by atomic mass is 10.0.